The Bertz CT molecular complexity index is 1460. The second-order valence-electron chi connectivity index (χ2n) is 10.3. The first-order chi connectivity index (χ1) is 17.8. The number of nitrogens with two attached hydrogens (primary N) is 1. The number of hydrogen-bond acceptors (Lipinski definition) is 9. The van der Waals surface area contributed by atoms with Gasteiger partial charge in [-0.25, -0.2) is 0 Å². The van der Waals surface area contributed by atoms with E-state index in [2.05, 4.69) is 0 Å². The minimum absolute atomic E-state index is 0.119. The molecule has 0 saturated heterocycles. The first kappa shape index (κ1) is 25.7. The van der Waals surface area contributed by atoms with Crippen molar-refractivity contribution >= 4 is 17.5 Å². The summed E-state index contributed by atoms with van der Waals surface area (Å²) in [6.45, 7) is 1.69. The zero-order chi connectivity index (χ0) is 27.8. The van der Waals surface area contributed by atoms with Crippen molar-refractivity contribution in [2.45, 2.75) is 30.6 Å². The van der Waals surface area contributed by atoms with E-state index in [1.54, 1.807) is 49.4 Å². The predicted octanol–water partition coefficient (Wildman–Crippen LogP) is 1.32. The third-order valence-corrected chi connectivity index (χ3v) is 8.22. The lowest BCUT2D eigenvalue weighted by atomic mass is 9.55. The van der Waals surface area contributed by atoms with Gasteiger partial charge in [0.1, 0.15) is 22.8 Å². The number of nitrogens with zero attached hydrogens (tertiary/aromatic N) is 1. The highest BCUT2D eigenvalue weighted by Gasteiger charge is 2.67. The van der Waals surface area contributed by atoms with Crippen molar-refractivity contribution in [3.63, 3.8) is 0 Å². The van der Waals surface area contributed by atoms with E-state index in [1.165, 1.54) is 19.0 Å². The van der Waals surface area contributed by atoms with E-state index >= 15 is 0 Å². The number of carbonyl (C=O) groups is 3. The number of phenols is 1. The lowest BCUT2D eigenvalue weighted by Crippen LogP contribution is -2.68. The number of benzene rings is 2. The monoisotopic (exact) mass is 520 g/mol. The van der Waals surface area contributed by atoms with Gasteiger partial charge in [0.05, 0.1) is 23.6 Å². The molecule has 5 rings (SSSR count). The van der Waals surface area contributed by atoms with Gasteiger partial charge in [0.2, 0.25) is 5.78 Å². The summed E-state index contributed by atoms with van der Waals surface area (Å²) in [7, 11) is 2.99. The number of carbonyl (C=O) groups excluding carboxylic acids is 3. The van der Waals surface area contributed by atoms with Gasteiger partial charge in [-0.3, -0.25) is 19.3 Å². The SMILES string of the molecule is C[C@@H]1c2ccc(-c3ccccc3)c(O)c2C(=O)C2=C(O)[C@@]3(O)C(=O)C(C(N)=O)=C(O)[C@H](N(C)C)[C@H]3[C@H](O)[C@H]21. The fraction of sp³-hybridized carbons (Fsp3) is 0.321. The number of rotatable bonds is 3. The summed E-state index contributed by atoms with van der Waals surface area (Å²) in [4.78, 5) is 40.8. The Labute approximate surface area is 217 Å². The van der Waals surface area contributed by atoms with Crippen LogP contribution in [-0.2, 0) is 9.59 Å². The van der Waals surface area contributed by atoms with E-state index in [-0.39, 0.29) is 11.3 Å². The van der Waals surface area contributed by atoms with Crippen molar-refractivity contribution in [2.24, 2.45) is 17.6 Å². The number of ketones is 2. The molecule has 0 unspecified atom stereocenters. The molecule has 3 aliphatic rings. The van der Waals surface area contributed by atoms with Gasteiger partial charge in [-0.1, -0.05) is 49.4 Å². The van der Waals surface area contributed by atoms with E-state index in [9.17, 15) is 39.9 Å². The van der Waals surface area contributed by atoms with Gasteiger partial charge in [0.25, 0.3) is 5.91 Å². The second kappa shape index (κ2) is 8.52. The smallest absolute Gasteiger partial charge is 0.255 e. The van der Waals surface area contributed by atoms with Crippen LogP contribution in [0.2, 0.25) is 0 Å². The Morgan fingerprint density at radius 2 is 1.66 bits per heavy atom. The molecule has 6 atom stereocenters. The molecule has 38 heavy (non-hydrogen) atoms. The number of amides is 1. The highest BCUT2D eigenvalue weighted by molar-refractivity contribution is 6.25. The van der Waals surface area contributed by atoms with Crippen LogP contribution in [0, 0.1) is 11.8 Å². The Hall–Kier alpha value is -3.99. The van der Waals surface area contributed by atoms with Crippen LogP contribution in [0.4, 0.5) is 0 Å². The second-order valence-corrected chi connectivity index (χ2v) is 10.3. The van der Waals surface area contributed by atoms with Crippen LogP contribution in [-0.4, -0.2) is 79.7 Å². The van der Waals surface area contributed by atoms with Crippen LogP contribution in [0.5, 0.6) is 5.75 Å². The van der Waals surface area contributed by atoms with Crippen LogP contribution in [0.25, 0.3) is 11.1 Å². The maximum absolute atomic E-state index is 13.9. The molecular weight excluding hydrogens is 492 g/mol. The normalized spacial score (nSPS) is 30.7. The van der Waals surface area contributed by atoms with E-state index in [0.29, 0.717) is 16.7 Å². The molecule has 0 aromatic heterocycles. The van der Waals surface area contributed by atoms with E-state index in [1.807, 2.05) is 0 Å². The standard InChI is InChI=1S/C28H28N2O8/c1-11-13-9-10-14(12-7-5-4-6-8-12)21(31)16(13)22(32)17-15(11)23(33)19-20(30(2)3)24(34)18(27(29)37)26(36)28(19,38)25(17)35/h4-11,15,19-20,23,31,33-35,38H,1-3H3,(H2,29,37)/t11-,15+,19+,20-,23-,28-/m1/s1. The molecule has 10 heteroatoms. The zero-order valence-corrected chi connectivity index (χ0v) is 20.9. The average Bonchev–Trinajstić information content (AvgIpc) is 2.86. The largest absolute Gasteiger partial charge is 0.510 e. The molecule has 7 N–H and O–H groups in total. The first-order valence-corrected chi connectivity index (χ1v) is 12.1. The van der Waals surface area contributed by atoms with Crippen molar-refractivity contribution < 1.29 is 39.9 Å². The summed E-state index contributed by atoms with van der Waals surface area (Å²) < 4.78 is 0. The number of aliphatic hydroxyl groups excluding tert-OH is 3. The van der Waals surface area contributed by atoms with Gasteiger partial charge in [-0.2, -0.15) is 0 Å². The van der Waals surface area contributed by atoms with Crippen LogP contribution in [0.1, 0.15) is 28.8 Å². The van der Waals surface area contributed by atoms with Crippen LogP contribution in [0.3, 0.4) is 0 Å². The summed E-state index contributed by atoms with van der Waals surface area (Å²) in [6.07, 6.45) is -1.62. The van der Waals surface area contributed by atoms with Gasteiger partial charge in [0, 0.05) is 17.1 Å². The van der Waals surface area contributed by atoms with Gasteiger partial charge in [-0.05, 0) is 31.1 Å². The van der Waals surface area contributed by atoms with E-state index in [0.717, 1.165) is 0 Å². The molecule has 0 fully saturated rings. The average molecular weight is 521 g/mol. The minimum atomic E-state index is -2.93. The van der Waals surface area contributed by atoms with E-state index < -0.39 is 75.6 Å². The number of primary amides is 1. The quantitative estimate of drug-likeness (QED) is 0.325. The molecule has 2 aromatic rings. The maximum Gasteiger partial charge on any atom is 0.255 e. The summed E-state index contributed by atoms with van der Waals surface area (Å²) in [5.74, 6) is -9.03. The molecule has 0 radical (unpaired) electrons. The van der Waals surface area contributed by atoms with Crippen molar-refractivity contribution in [1.82, 2.24) is 4.90 Å². The van der Waals surface area contributed by atoms with Gasteiger partial charge in [0.15, 0.2) is 11.4 Å². The molecule has 198 valence electrons. The van der Waals surface area contributed by atoms with Gasteiger partial charge >= 0.3 is 0 Å². The highest BCUT2D eigenvalue weighted by atomic mass is 16.4. The van der Waals surface area contributed by atoms with Crippen molar-refractivity contribution in [3.05, 3.63) is 76.3 Å². The molecule has 0 bridgehead atoms. The summed E-state index contributed by atoms with van der Waals surface area (Å²) in [5, 5.41) is 56.9. The summed E-state index contributed by atoms with van der Waals surface area (Å²) >= 11 is 0. The predicted molar refractivity (Wildman–Crippen MR) is 135 cm³/mol. The molecule has 3 aliphatic carbocycles. The number of hydrogen-bond donors (Lipinski definition) is 6. The van der Waals surface area contributed by atoms with E-state index in [4.69, 9.17) is 5.73 Å². The molecule has 0 heterocycles. The molecule has 0 spiro atoms. The van der Waals surface area contributed by atoms with Crippen molar-refractivity contribution in [2.75, 3.05) is 14.1 Å². The Kier molecular flexibility index (Phi) is 5.75. The molecule has 2 aromatic carbocycles. The molecular formula is C28H28N2O8. The molecule has 0 saturated carbocycles. The lowest BCUT2D eigenvalue weighted by Gasteiger charge is -2.53. The van der Waals surface area contributed by atoms with Crippen LogP contribution in [0.15, 0.2) is 65.1 Å². The third kappa shape index (κ3) is 3.14. The fourth-order valence-electron chi connectivity index (χ4n) is 6.47. The Morgan fingerprint density at radius 3 is 2.24 bits per heavy atom. The van der Waals surface area contributed by atoms with Crippen molar-refractivity contribution in [1.29, 1.82) is 0 Å². The summed E-state index contributed by atoms with van der Waals surface area (Å²) in [6, 6.07) is 10.9. The number of Topliss-reactive ketones (excluding diaryl/α,β-unsaturated/α-hetero) is 2. The molecule has 10 nitrogen and oxygen atoms in total. The highest BCUT2D eigenvalue weighted by Crippen LogP contribution is 2.56. The number of likely N-dealkylation sites (N-methyl/N-ethyl adjacent to an activating group) is 1. The maximum atomic E-state index is 13.9. The third-order valence-electron chi connectivity index (χ3n) is 8.22. The fourth-order valence-corrected chi connectivity index (χ4v) is 6.47. The lowest BCUT2D eigenvalue weighted by molar-refractivity contribution is -0.162. The Balaban J connectivity index is 1.78. The van der Waals surface area contributed by atoms with Crippen LogP contribution < -0.4 is 5.73 Å². The van der Waals surface area contributed by atoms with Crippen molar-refractivity contribution in [3.8, 4) is 16.9 Å². The number of aromatic hydroxyl groups is 1. The topological polar surface area (TPSA) is 182 Å². The summed E-state index contributed by atoms with van der Waals surface area (Å²) in [5.41, 5.74) is 2.34. The van der Waals surface area contributed by atoms with Gasteiger partial charge < -0.3 is 31.3 Å². The van der Waals surface area contributed by atoms with Crippen LogP contribution >= 0.6 is 0 Å². The zero-order valence-electron chi connectivity index (χ0n) is 20.9. The number of phenolic OH excluding ortho intramolecular Hbond substituents is 1. The molecule has 1 amide bonds. The minimum Gasteiger partial charge on any atom is -0.510 e. The van der Waals surface area contributed by atoms with Gasteiger partial charge in [-0.15, -0.1) is 0 Å². The Morgan fingerprint density at radius 1 is 1.03 bits per heavy atom. The number of fused-ring (bicyclic) bond motifs is 3. The molecule has 0 aliphatic heterocycles. The first-order valence-electron chi connectivity index (χ1n) is 12.1. The number of aliphatic hydroxyl groups is 4.